The van der Waals surface area contributed by atoms with Crippen molar-refractivity contribution in [2.75, 3.05) is 18.1 Å². The van der Waals surface area contributed by atoms with Gasteiger partial charge in [-0.1, -0.05) is 36.4 Å². The van der Waals surface area contributed by atoms with E-state index in [0.29, 0.717) is 13.2 Å². The molecule has 3 aromatic rings. The molecule has 35 heavy (non-hydrogen) atoms. The van der Waals surface area contributed by atoms with Crippen LogP contribution in [-0.4, -0.2) is 19.2 Å². The smallest absolute Gasteiger partial charge is 0.312 e. The summed E-state index contributed by atoms with van der Waals surface area (Å²) in [6.07, 6.45) is 7.12. The minimum atomic E-state index is -0.200. The average Bonchev–Trinajstić information content (AvgIpc) is 2.88. The molecule has 0 radical (unpaired) electrons. The van der Waals surface area contributed by atoms with Crippen molar-refractivity contribution < 1.29 is 14.3 Å². The highest BCUT2D eigenvalue weighted by molar-refractivity contribution is 5.78. The lowest BCUT2D eigenvalue weighted by molar-refractivity contribution is -0.172. The van der Waals surface area contributed by atoms with Crippen molar-refractivity contribution in [3.05, 3.63) is 84.9 Å². The van der Waals surface area contributed by atoms with Gasteiger partial charge in [-0.3, -0.25) is 4.79 Å². The van der Waals surface area contributed by atoms with Crippen LogP contribution in [0, 0.1) is 23.2 Å². The summed E-state index contributed by atoms with van der Waals surface area (Å²) in [5, 5.41) is 0. The highest BCUT2D eigenvalue weighted by atomic mass is 16.6. The van der Waals surface area contributed by atoms with Crippen molar-refractivity contribution >= 4 is 23.0 Å². The van der Waals surface area contributed by atoms with Gasteiger partial charge in [-0.25, -0.2) is 0 Å². The van der Waals surface area contributed by atoms with Crippen molar-refractivity contribution in [3.63, 3.8) is 0 Å². The number of para-hydroxylation sites is 2. The molecular weight excluding hydrogens is 434 g/mol. The van der Waals surface area contributed by atoms with E-state index in [4.69, 9.17) is 9.47 Å². The van der Waals surface area contributed by atoms with Gasteiger partial charge in [-0.2, -0.15) is 0 Å². The highest BCUT2D eigenvalue weighted by Gasteiger charge is 2.55. The van der Waals surface area contributed by atoms with Crippen molar-refractivity contribution in [3.8, 4) is 5.75 Å². The Kier molecular flexibility index (Phi) is 5.97. The Morgan fingerprint density at radius 3 is 1.69 bits per heavy atom. The van der Waals surface area contributed by atoms with E-state index >= 15 is 0 Å². The highest BCUT2D eigenvalue weighted by Crippen LogP contribution is 2.60. The van der Waals surface area contributed by atoms with E-state index in [0.717, 1.165) is 59.8 Å². The van der Waals surface area contributed by atoms with Crippen molar-refractivity contribution in [1.82, 2.24) is 0 Å². The van der Waals surface area contributed by atoms with Gasteiger partial charge in [0.2, 0.25) is 0 Å². The summed E-state index contributed by atoms with van der Waals surface area (Å²) < 4.78 is 11.7. The van der Waals surface area contributed by atoms with Gasteiger partial charge in [0, 0.05) is 17.1 Å². The first-order valence-corrected chi connectivity index (χ1v) is 13.0. The quantitative estimate of drug-likeness (QED) is 0.257. The van der Waals surface area contributed by atoms with Crippen LogP contribution >= 0.6 is 0 Å². The second-order valence-corrected chi connectivity index (χ2v) is 10.7. The van der Waals surface area contributed by atoms with E-state index in [2.05, 4.69) is 41.3 Å². The SMILES string of the molecule is O=C(OCCOc1ccc(N(c2ccccc2)c2ccccc2)cc1)C12CC3CC(CC(C3)C1)C2. The summed E-state index contributed by atoms with van der Waals surface area (Å²) in [6.45, 7) is 0.682. The number of carbonyl (C=O) groups is 1. The summed E-state index contributed by atoms with van der Waals surface area (Å²) in [6, 6.07) is 28.8. The standard InChI is InChI=1S/C31H33NO3/c33-30(31-20-23-17-24(21-31)19-25(18-23)22-31)35-16-15-34-29-13-11-28(12-14-29)32(26-7-3-1-4-8-26)27-9-5-2-6-10-27/h1-14,23-25H,15-22H2. The van der Waals surface area contributed by atoms with Gasteiger partial charge in [-0.15, -0.1) is 0 Å². The first-order valence-electron chi connectivity index (χ1n) is 13.0. The molecule has 0 aromatic heterocycles. The maximum absolute atomic E-state index is 13.0. The van der Waals surface area contributed by atoms with E-state index in [1.807, 2.05) is 48.5 Å². The van der Waals surface area contributed by atoms with Gasteiger partial charge < -0.3 is 14.4 Å². The number of benzene rings is 3. The molecule has 0 saturated heterocycles. The van der Waals surface area contributed by atoms with Crippen LogP contribution in [0.25, 0.3) is 0 Å². The fourth-order valence-electron chi connectivity index (χ4n) is 7.10. The van der Waals surface area contributed by atoms with E-state index in [1.165, 1.54) is 19.3 Å². The molecule has 4 aliphatic rings. The van der Waals surface area contributed by atoms with Gasteiger partial charge in [0.15, 0.2) is 0 Å². The lowest BCUT2D eigenvalue weighted by Gasteiger charge is -2.55. The zero-order valence-electron chi connectivity index (χ0n) is 20.1. The second-order valence-electron chi connectivity index (χ2n) is 10.7. The number of esters is 1. The summed E-state index contributed by atoms with van der Waals surface area (Å²) in [4.78, 5) is 15.2. The van der Waals surface area contributed by atoms with Crippen LogP contribution in [0.1, 0.15) is 38.5 Å². The zero-order chi connectivity index (χ0) is 23.7. The Morgan fingerprint density at radius 1 is 0.686 bits per heavy atom. The van der Waals surface area contributed by atoms with Gasteiger partial charge >= 0.3 is 5.97 Å². The van der Waals surface area contributed by atoms with E-state index in [-0.39, 0.29) is 11.4 Å². The lowest BCUT2D eigenvalue weighted by atomic mass is 9.49. The molecule has 3 aromatic carbocycles. The second kappa shape index (κ2) is 9.41. The Labute approximate surface area is 207 Å². The summed E-state index contributed by atoms with van der Waals surface area (Å²) in [7, 11) is 0. The monoisotopic (exact) mass is 467 g/mol. The Balaban J connectivity index is 1.06. The maximum atomic E-state index is 13.0. The van der Waals surface area contributed by atoms with E-state index in [9.17, 15) is 4.79 Å². The van der Waals surface area contributed by atoms with Crippen molar-refractivity contribution in [2.45, 2.75) is 38.5 Å². The lowest BCUT2D eigenvalue weighted by Crippen LogP contribution is -2.50. The number of ether oxygens (including phenoxy) is 2. The number of anilines is 3. The predicted octanol–water partition coefficient (Wildman–Crippen LogP) is 7.29. The number of hydrogen-bond acceptors (Lipinski definition) is 4. The number of nitrogens with zero attached hydrogens (tertiary/aromatic N) is 1. The molecule has 0 atom stereocenters. The molecule has 4 fully saturated rings. The Hall–Kier alpha value is -3.27. The van der Waals surface area contributed by atoms with Crippen LogP contribution in [0.3, 0.4) is 0 Å². The third-order valence-corrected chi connectivity index (χ3v) is 8.18. The summed E-state index contributed by atoms with van der Waals surface area (Å²) in [5.41, 5.74) is 3.06. The van der Waals surface area contributed by atoms with E-state index in [1.54, 1.807) is 0 Å². The van der Waals surface area contributed by atoms with Gasteiger partial charge in [0.1, 0.15) is 19.0 Å². The molecule has 0 amide bonds. The number of rotatable bonds is 8. The molecule has 0 spiro atoms. The molecule has 0 heterocycles. The average molecular weight is 468 g/mol. The van der Waals surface area contributed by atoms with Crippen LogP contribution in [-0.2, 0) is 9.53 Å². The van der Waals surface area contributed by atoms with Crippen LogP contribution in [0.4, 0.5) is 17.1 Å². The summed E-state index contributed by atoms with van der Waals surface area (Å²) >= 11 is 0. The molecule has 0 aliphatic heterocycles. The Bertz CT molecular complexity index is 1070. The normalized spacial score (nSPS) is 26.3. The topological polar surface area (TPSA) is 38.8 Å². The molecule has 4 bridgehead atoms. The van der Waals surface area contributed by atoms with Crippen LogP contribution in [0.15, 0.2) is 84.9 Å². The molecule has 4 heteroatoms. The van der Waals surface area contributed by atoms with Gasteiger partial charge in [0.25, 0.3) is 0 Å². The number of hydrogen-bond donors (Lipinski definition) is 0. The minimum Gasteiger partial charge on any atom is -0.490 e. The third kappa shape index (κ3) is 4.54. The fourth-order valence-corrected chi connectivity index (χ4v) is 7.10. The van der Waals surface area contributed by atoms with Crippen LogP contribution in [0.2, 0.25) is 0 Å². The van der Waals surface area contributed by atoms with Gasteiger partial charge in [-0.05, 0) is 105 Å². The zero-order valence-corrected chi connectivity index (χ0v) is 20.1. The minimum absolute atomic E-state index is 0.0249. The predicted molar refractivity (Wildman–Crippen MR) is 138 cm³/mol. The third-order valence-electron chi connectivity index (χ3n) is 8.18. The summed E-state index contributed by atoms with van der Waals surface area (Å²) in [5.74, 6) is 3.04. The molecule has 0 unspecified atom stereocenters. The molecule has 4 aliphatic carbocycles. The van der Waals surface area contributed by atoms with Crippen LogP contribution < -0.4 is 9.64 Å². The van der Waals surface area contributed by atoms with Crippen molar-refractivity contribution in [2.24, 2.45) is 23.2 Å². The molecule has 180 valence electrons. The maximum Gasteiger partial charge on any atom is 0.312 e. The molecule has 4 saturated carbocycles. The molecule has 7 rings (SSSR count). The molecule has 4 nitrogen and oxygen atoms in total. The Morgan fingerprint density at radius 2 is 1.17 bits per heavy atom. The van der Waals surface area contributed by atoms with Crippen LogP contribution in [0.5, 0.6) is 5.75 Å². The van der Waals surface area contributed by atoms with Gasteiger partial charge in [0.05, 0.1) is 5.41 Å². The van der Waals surface area contributed by atoms with E-state index < -0.39 is 0 Å². The fraction of sp³-hybridized carbons (Fsp3) is 0.387. The molecule has 0 N–H and O–H groups in total. The number of carbonyl (C=O) groups excluding carboxylic acids is 1. The van der Waals surface area contributed by atoms with Crippen molar-refractivity contribution in [1.29, 1.82) is 0 Å². The molecular formula is C31H33NO3. The first kappa shape index (κ1) is 22.2. The first-order chi connectivity index (χ1) is 17.2. The largest absolute Gasteiger partial charge is 0.490 e.